The van der Waals surface area contributed by atoms with Crippen LogP contribution in [-0.2, 0) is 4.84 Å². The molecular formula is C19H31NO2. The minimum Gasteiger partial charge on any atom is -0.392 e. The normalized spacial score (nSPS) is 29.6. The van der Waals surface area contributed by atoms with E-state index in [2.05, 4.69) is 65.8 Å². The topological polar surface area (TPSA) is 41.8 Å². The fourth-order valence-electron chi connectivity index (χ4n) is 3.16. The largest absolute Gasteiger partial charge is 0.392 e. The Hall–Kier alpha value is -1.09. The van der Waals surface area contributed by atoms with Gasteiger partial charge in [-0.25, -0.2) is 0 Å². The average molecular weight is 305 g/mol. The summed E-state index contributed by atoms with van der Waals surface area (Å²) in [6.45, 7) is 15.1. The SMILES string of the molecule is CCC1CC(C2=CC(C(C)(C)C)C(O)C(C(C)(C)C)=C2)=NO1. The van der Waals surface area contributed by atoms with Crippen LogP contribution in [0.4, 0.5) is 0 Å². The molecule has 124 valence electrons. The molecule has 0 saturated carbocycles. The molecule has 22 heavy (non-hydrogen) atoms. The highest BCUT2D eigenvalue weighted by Crippen LogP contribution is 2.43. The van der Waals surface area contributed by atoms with Crippen molar-refractivity contribution < 1.29 is 9.94 Å². The molecule has 1 heterocycles. The summed E-state index contributed by atoms with van der Waals surface area (Å²) >= 11 is 0. The standard InChI is InChI=1S/C19H31NO2/c1-8-13-11-16(20-22-13)12-9-14(18(2,3)4)17(21)15(10-12)19(5,6)7/h9-10,13-14,17,21H,8,11H2,1-7H3. The van der Waals surface area contributed by atoms with E-state index in [1.165, 1.54) is 0 Å². The Morgan fingerprint density at radius 2 is 1.86 bits per heavy atom. The second-order valence-corrected chi connectivity index (χ2v) is 8.69. The Balaban J connectivity index is 2.40. The third-order valence-corrected chi connectivity index (χ3v) is 4.72. The zero-order valence-electron chi connectivity index (χ0n) is 15.1. The highest BCUT2D eigenvalue weighted by atomic mass is 16.6. The molecule has 0 amide bonds. The molecule has 3 unspecified atom stereocenters. The summed E-state index contributed by atoms with van der Waals surface area (Å²) in [5, 5.41) is 15.2. The van der Waals surface area contributed by atoms with Crippen molar-refractivity contribution in [1.29, 1.82) is 0 Å². The Morgan fingerprint density at radius 1 is 1.23 bits per heavy atom. The smallest absolute Gasteiger partial charge is 0.133 e. The van der Waals surface area contributed by atoms with Crippen molar-refractivity contribution in [2.75, 3.05) is 0 Å². The van der Waals surface area contributed by atoms with E-state index < -0.39 is 6.10 Å². The van der Waals surface area contributed by atoms with Gasteiger partial charge in [-0.2, -0.15) is 0 Å². The molecule has 0 radical (unpaired) electrons. The third-order valence-electron chi connectivity index (χ3n) is 4.72. The van der Waals surface area contributed by atoms with Crippen molar-refractivity contribution in [3.05, 3.63) is 23.3 Å². The average Bonchev–Trinajstić information content (AvgIpc) is 2.85. The van der Waals surface area contributed by atoms with Crippen LogP contribution in [-0.4, -0.2) is 23.0 Å². The number of nitrogens with zero attached hydrogens (tertiary/aromatic N) is 1. The van der Waals surface area contributed by atoms with Gasteiger partial charge in [0.05, 0.1) is 11.8 Å². The fraction of sp³-hybridized carbons (Fsp3) is 0.737. The van der Waals surface area contributed by atoms with E-state index in [9.17, 15) is 5.11 Å². The third kappa shape index (κ3) is 3.45. The maximum Gasteiger partial charge on any atom is 0.133 e. The lowest BCUT2D eigenvalue weighted by atomic mass is 9.67. The summed E-state index contributed by atoms with van der Waals surface area (Å²) in [4.78, 5) is 5.49. The summed E-state index contributed by atoms with van der Waals surface area (Å²) < 4.78 is 0. The minimum absolute atomic E-state index is 0.000391. The van der Waals surface area contributed by atoms with Crippen molar-refractivity contribution in [2.45, 2.75) is 73.5 Å². The van der Waals surface area contributed by atoms with Gasteiger partial charge in [0.25, 0.3) is 0 Å². The van der Waals surface area contributed by atoms with Gasteiger partial charge in [-0.05, 0) is 28.4 Å². The summed E-state index contributed by atoms with van der Waals surface area (Å²) in [6, 6.07) is 0. The lowest BCUT2D eigenvalue weighted by Crippen LogP contribution is -2.38. The first-order valence-electron chi connectivity index (χ1n) is 8.39. The molecule has 3 atom stereocenters. The molecular weight excluding hydrogens is 274 g/mol. The number of oxime groups is 1. The van der Waals surface area contributed by atoms with Crippen LogP contribution in [0.15, 0.2) is 28.5 Å². The molecule has 1 aliphatic heterocycles. The van der Waals surface area contributed by atoms with Crippen LogP contribution in [0.3, 0.4) is 0 Å². The van der Waals surface area contributed by atoms with Crippen LogP contribution in [0, 0.1) is 16.7 Å². The summed E-state index contributed by atoms with van der Waals surface area (Å²) in [5.41, 5.74) is 3.18. The van der Waals surface area contributed by atoms with Crippen LogP contribution in [0.25, 0.3) is 0 Å². The molecule has 1 N–H and O–H groups in total. The molecule has 0 spiro atoms. The fourth-order valence-corrected chi connectivity index (χ4v) is 3.16. The van der Waals surface area contributed by atoms with Gasteiger partial charge in [-0.3, -0.25) is 0 Å². The van der Waals surface area contributed by atoms with E-state index in [0.717, 1.165) is 29.7 Å². The molecule has 2 rings (SSSR count). The van der Waals surface area contributed by atoms with Crippen LogP contribution in [0.1, 0.15) is 61.3 Å². The lowest BCUT2D eigenvalue weighted by Gasteiger charge is -2.40. The Kier molecular flexibility index (Phi) is 4.59. The molecule has 0 fully saturated rings. The maximum absolute atomic E-state index is 10.9. The van der Waals surface area contributed by atoms with Gasteiger partial charge in [0.2, 0.25) is 0 Å². The Morgan fingerprint density at radius 3 is 2.32 bits per heavy atom. The van der Waals surface area contributed by atoms with Gasteiger partial charge in [0, 0.05) is 12.3 Å². The van der Waals surface area contributed by atoms with E-state index in [1.54, 1.807) is 0 Å². The number of aliphatic hydroxyl groups is 1. The van der Waals surface area contributed by atoms with Crippen molar-refractivity contribution in [2.24, 2.45) is 21.9 Å². The number of rotatable bonds is 2. The van der Waals surface area contributed by atoms with Crippen LogP contribution < -0.4 is 0 Å². The molecule has 0 aromatic rings. The predicted molar refractivity (Wildman–Crippen MR) is 91.8 cm³/mol. The summed E-state index contributed by atoms with van der Waals surface area (Å²) in [6.07, 6.45) is 5.92. The van der Waals surface area contributed by atoms with Gasteiger partial charge in [0.15, 0.2) is 0 Å². The van der Waals surface area contributed by atoms with Crippen LogP contribution in [0.5, 0.6) is 0 Å². The predicted octanol–water partition coefficient (Wildman–Crippen LogP) is 4.48. The molecule has 3 heteroatoms. The van der Waals surface area contributed by atoms with E-state index >= 15 is 0 Å². The van der Waals surface area contributed by atoms with Crippen LogP contribution in [0.2, 0.25) is 0 Å². The first kappa shape index (κ1) is 17.3. The molecule has 0 bridgehead atoms. The van der Waals surface area contributed by atoms with E-state index in [0.29, 0.717) is 0 Å². The molecule has 2 aliphatic rings. The van der Waals surface area contributed by atoms with Gasteiger partial charge in [0.1, 0.15) is 6.10 Å². The first-order chi connectivity index (χ1) is 10.0. The summed E-state index contributed by atoms with van der Waals surface area (Å²) in [7, 11) is 0. The number of hydrogen-bond donors (Lipinski definition) is 1. The van der Waals surface area contributed by atoms with Crippen molar-refractivity contribution in [3.63, 3.8) is 0 Å². The maximum atomic E-state index is 10.9. The number of allylic oxidation sites excluding steroid dienone is 2. The van der Waals surface area contributed by atoms with E-state index in [-0.39, 0.29) is 22.9 Å². The van der Waals surface area contributed by atoms with E-state index in [1.807, 2.05) is 0 Å². The zero-order valence-corrected chi connectivity index (χ0v) is 15.1. The second kappa shape index (κ2) is 5.84. The molecule has 0 aromatic carbocycles. The van der Waals surface area contributed by atoms with Crippen molar-refractivity contribution in [3.8, 4) is 0 Å². The monoisotopic (exact) mass is 305 g/mol. The zero-order chi connectivity index (χ0) is 16.7. The second-order valence-electron chi connectivity index (χ2n) is 8.69. The Labute approximate surface area is 135 Å². The lowest BCUT2D eigenvalue weighted by molar-refractivity contribution is 0.0818. The first-order valence-corrected chi connectivity index (χ1v) is 8.39. The minimum atomic E-state index is -0.436. The van der Waals surface area contributed by atoms with Crippen molar-refractivity contribution >= 4 is 5.71 Å². The highest BCUT2D eigenvalue weighted by molar-refractivity contribution is 6.03. The molecule has 0 aromatic heterocycles. The highest BCUT2D eigenvalue weighted by Gasteiger charge is 2.39. The van der Waals surface area contributed by atoms with Gasteiger partial charge in [-0.1, -0.05) is 65.8 Å². The number of aliphatic hydroxyl groups excluding tert-OH is 1. The molecule has 3 nitrogen and oxygen atoms in total. The number of hydrogen-bond acceptors (Lipinski definition) is 3. The molecule has 1 aliphatic carbocycles. The molecule has 0 saturated heterocycles. The quantitative estimate of drug-likeness (QED) is 0.817. The van der Waals surface area contributed by atoms with Crippen molar-refractivity contribution in [1.82, 2.24) is 0 Å². The van der Waals surface area contributed by atoms with Gasteiger partial charge >= 0.3 is 0 Å². The Bertz CT molecular complexity index is 515. The summed E-state index contributed by atoms with van der Waals surface area (Å²) in [5.74, 6) is 0.0881. The van der Waals surface area contributed by atoms with Gasteiger partial charge < -0.3 is 9.94 Å². The van der Waals surface area contributed by atoms with Gasteiger partial charge in [-0.15, -0.1) is 0 Å². The van der Waals surface area contributed by atoms with Crippen LogP contribution >= 0.6 is 0 Å². The van der Waals surface area contributed by atoms with E-state index in [4.69, 9.17) is 4.84 Å².